The highest BCUT2D eigenvalue weighted by Gasteiger charge is 2.40. The zero-order valence-electron chi connectivity index (χ0n) is 15.1. The van der Waals surface area contributed by atoms with E-state index in [1.54, 1.807) is 33.7 Å². The molecule has 2 unspecified atom stereocenters. The molecule has 2 fully saturated rings. The third-order valence-electron chi connectivity index (χ3n) is 5.11. The molecule has 2 atom stereocenters. The second-order valence-corrected chi connectivity index (χ2v) is 8.03. The van der Waals surface area contributed by atoms with Crippen LogP contribution < -0.4 is 4.90 Å². The molecule has 7 nitrogen and oxygen atoms in total. The Balaban J connectivity index is 1.49. The Bertz CT molecular complexity index is 903. The summed E-state index contributed by atoms with van der Waals surface area (Å²) in [6.07, 6.45) is 0.210. The van der Waals surface area contributed by atoms with Crippen molar-refractivity contribution in [2.75, 3.05) is 23.7 Å². The summed E-state index contributed by atoms with van der Waals surface area (Å²) in [6.45, 7) is 0.997. The fourth-order valence-electron chi connectivity index (χ4n) is 3.70. The lowest BCUT2D eigenvalue weighted by Gasteiger charge is -2.26. The standard InChI is InChI=1S/C20H19N3O4S/c24-18-12-15(13-22(18)16-4-2-1-3-5-16)19(25)21-10-11-28-20(21)14-6-8-17(9-7-14)23(26)27/h1-9,15,20H,10-13H2. The first-order chi connectivity index (χ1) is 13.5. The van der Waals surface area contributed by atoms with E-state index in [4.69, 9.17) is 0 Å². The molecule has 0 saturated carbocycles. The highest BCUT2D eigenvalue weighted by molar-refractivity contribution is 7.99. The quantitative estimate of drug-likeness (QED) is 0.584. The van der Waals surface area contributed by atoms with Crippen molar-refractivity contribution in [1.29, 1.82) is 0 Å². The van der Waals surface area contributed by atoms with E-state index in [0.29, 0.717) is 13.1 Å². The molecule has 2 aromatic carbocycles. The van der Waals surface area contributed by atoms with Gasteiger partial charge in [0, 0.05) is 43.1 Å². The first-order valence-electron chi connectivity index (χ1n) is 9.06. The van der Waals surface area contributed by atoms with Gasteiger partial charge >= 0.3 is 0 Å². The molecule has 144 valence electrons. The molecule has 4 rings (SSSR count). The summed E-state index contributed by atoms with van der Waals surface area (Å²) in [5, 5.41) is 10.7. The molecule has 2 saturated heterocycles. The predicted octanol–water partition coefficient (Wildman–Crippen LogP) is 3.22. The molecular formula is C20H19N3O4S. The first kappa shape index (κ1) is 18.5. The zero-order valence-corrected chi connectivity index (χ0v) is 15.9. The number of rotatable bonds is 4. The molecule has 8 heteroatoms. The van der Waals surface area contributed by atoms with E-state index >= 15 is 0 Å². The number of carbonyl (C=O) groups excluding carboxylic acids is 2. The van der Waals surface area contributed by atoms with Gasteiger partial charge in [-0.3, -0.25) is 19.7 Å². The van der Waals surface area contributed by atoms with Crippen LogP contribution in [0.15, 0.2) is 54.6 Å². The third-order valence-corrected chi connectivity index (χ3v) is 6.37. The normalized spacial score (nSPS) is 21.9. The SMILES string of the molecule is O=C1CC(C(=O)N2CCSC2c2ccc([N+](=O)[O-])cc2)CN1c1ccccc1. The molecule has 0 bridgehead atoms. The van der Waals surface area contributed by atoms with Crippen molar-refractivity contribution in [3.8, 4) is 0 Å². The van der Waals surface area contributed by atoms with Crippen molar-refractivity contribution in [1.82, 2.24) is 4.90 Å². The molecule has 2 heterocycles. The van der Waals surface area contributed by atoms with Crippen molar-refractivity contribution in [2.45, 2.75) is 11.8 Å². The zero-order chi connectivity index (χ0) is 19.7. The van der Waals surface area contributed by atoms with Crippen molar-refractivity contribution < 1.29 is 14.5 Å². The van der Waals surface area contributed by atoms with Gasteiger partial charge in [-0.2, -0.15) is 0 Å². The molecule has 2 aliphatic rings. The summed E-state index contributed by atoms with van der Waals surface area (Å²) in [5.74, 6) is 0.367. The first-order valence-corrected chi connectivity index (χ1v) is 10.1. The summed E-state index contributed by atoms with van der Waals surface area (Å²) in [4.78, 5) is 39.5. The van der Waals surface area contributed by atoms with E-state index in [1.165, 1.54) is 12.1 Å². The number of nitro benzene ring substituents is 1. The molecular weight excluding hydrogens is 378 g/mol. The van der Waals surface area contributed by atoms with E-state index in [2.05, 4.69) is 0 Å². The third kappa shape index (κ3) is 3.47. The van der Waals surface area contributed by atoms with Crippen molar-refractivity contribution in [3.63, 3.8) is 0 Å². The van der Waals surface area contributed by atoms with Crippen LogP contribution in [0.1, 0.15) is 17.4 Å². The molecule has 0 aromatic heterocycles. The highest BCUT2D eigenvalue weighted by atomic mass is 32.2. The number of para-hydroxylation sites is 1. The van der Waals surface area contributed by atoms with Crippen LogP contribution in [0.25, 0.3) is 0 Å². The largest absolute Gasteiger partial charge is 0.325 e. The minimum absolute atomic E-state index is 0.0277. The van der Waals surface area contributed by atoms with E-state index in [9.17, 15) is 19.7 Å². The second kappa shape index (κ2) is 7.63. The second-order valence-electron chi connectivity index (χ2n) is 6.84. The van der Waals surface area contributed by atoms with E-state index in [1.807, 2.05) is 30.3 Å². The lowest BCUT2D eigenvalue weighted by atomic mass is 10.1. The Morgan fingerprint density at radius 2 is 1.82 bits per heavy atom. The predicted molar refractivity (Wildman–Crippen MR) is 107 cm³/mol. The van der Waals surface area contributed by atoms with Gasteiger partial charge in [-0.1, -0.05) is 18.2 Å². The van der Waals surface area contributed by atoms with Gasteiger partial charge in [0.25, 0.3) is 5.69 Å². The summed E-state index contributed by atoms with van der Waals surface area (Å²) < 4.78 is 0. The molecule has 2 aromatic rings. The Hall–Kier alpha value is -2.87. The van der Waals surface area contributed by atoms with Crippen LogP contribution in [0.3, 0.4) is 0 Å². The number of benzene rings is 2. The molecule has 0 aliphatic carbocycles. The van der Waals surface area contributed by atoms with E-state index < -0.39 is 4.92 Å². The van der Waals surface area contributed by atoms with Gasteiger partial charge in [0.05, 0.1) is 10.8 Å². The number of non-ortho nitro benzene ring substituents is 1. The Morgan fingerprint density at radius 1 is 1.11 bits per heavy atom. The molecule has 0 radical (unpaired) electrons. The van der Waals surface area contributed by atoms with Gasteiger partial charge in [-0.15, -0.1) is 11.8 Å². The minimum atomic E-state index is -0.434. The lowest BCUT2D eigenvalue weighted by molar-refractivity contribution is -0.384. The van der Waals surface area contributed by atoms with Crippen LogP contribution in [0, 0.1) is 16.0 Å². The Morgan fingerprint density at radius 3 is 2.50 bits per heavy atom. The van der Waals surface area contributed by atoms with Crippen molar-refractivity contribution >= 4 is 35.0 Å². The number of anilines is 1. The molecule has 2 aliphatic heterocycles. The van der Waals surface area contributed by atoms with Crippen LogP contribution >= 0.6 is 11.8 Å². The number of amides is 2. The molecule has 0 N–H and O–H groups in total. The monoisotopic (exact) mass is 397 g/mol. The van der Waals surface area contributed by atoms with E-state index in [-0.39, 0.29) is 35.2 Å². The fraction of sp³-hybridized carbons (Fsp3) is 0.300. The summed E-state index contributed by atoms with van der Waals surface area (Å²) >= 11 is 1.64. The van der Waals surface area contributed by atoms with Crippen molar-refractivity contribution in [2.24, 2.45) is 5.92 Å². The maximum atomic E-state index is 13.2. The average Bonchev–Trinajstić information content (AvgIpc) is 3.35. The van der Waals surface area contributed by atoms with E-state index in [0.717, 1.165) is 17.0 Å². The summed E-state index contributed by atoms with van der Waals surface area (Å²) in [6, 6.07) is 15.7. The minimum Gasteiger partial charge on any atom is -0.325 e. The number of hydrogen-bond acceptors (Lipinski definition) is 5. The fourth-order valence-corrected chi connectivity index (χ4v) is 4.96. The number of thioether (sulfide) groups is 1. The summed E-state index contributed by atoms with van der Waals surface area (Å²) in [7, 11) is 0. The van der Waals surface area contributed by atoms with Crippen LogP contribution in [0.2, 0.25) is 0 Å². The van der Waals surface area contributed by atoms with Crippen LogP contribution in [0.4, 0.5) is 11.4 Å². The van der Waals surface area contributed by atoms with Crippen molar-refractivity contribution in [3.05, 3.63) is 70.3 Å². The highest BCUT2D eigenvalue weighted by Crippen LogP contribution is 2.40. The van der Waals surface area contributed by atoms with Gasteiger partial charge in [-0.05, 0) is 29.8 Å². The maximum Gasteiger partial charge on any atom is 0.269 e. The van der Waals surface area contributed by atoms with Crippen LogP contribution in [0.5, 0.6) is 0 Å². The van der Waals surface area contributed by atoms with Gasteiger partial charge in [0.2, 0.25) is 11.8 Å². The van der Waals surface area contributed by atoms with Gasteiger partial charge in [0.15, 0.2) is 0 Å². The Labute approximate surface area is 166 Å². The van der Waals surface area contributed by atoms with Gasteiger partial charge in [-0.25, -0.2) is 0 Å². The topological polar surface area (TPSA) is 83.8 Å². The van der Waals surface area contributed by atoms with Gasteiger partial charge in [0.1, 0.15) is 5.37 Å². The van der Waals surface area contributed by atoms with Crippen LogP contribution in [-0.4, -0.2) is 40.5 Å². The average molecular weight is 397 g/mol. The van der Waals surface area contributed by atoms with Crippen LogP contribution in [-0.2, 0) is 9.59 Å². The molecule has 2 amide bonds. The van der Waals surface area contributed by atoms with Gasteiger partial charge < -0.3 is 9.80 Å². The Kier molecular flexibility index (Phi) is 5.04. The lowest BCUT2D eigenvalue weighted by Crippen LogP contribution is -2.37. The molecule has 28 heavy (non-hydrogen) atoms. The molecule has 0 spiro atoms. The number of nitrogens with zero attached hydrogens (tertiary/aromatic N) is 3. The summed E-state index contributed by atoms with van der Waals surface area (Å²) in [5.41, 5.74) is 1.71. The number of hydrogen-bond donors (Lipinski definition) is 0. The smallest absolute Gasteiger partial charge is 0.269 e. The number of nitro groups is 1. The maximum absolute atomic E-state index is 13.2. The number of carbonyl (C=O) groups is 2.